The highest BCUT2D eigenvalue weighted by molar-refractivity contribution is 7.92. The first-order valence-corrected chi connectivity index (χ1v) is 10.8. The number of carbonyl (C=O) groups excluding carboxylic acids is 1. The van der Waals surface area contributed by atoms with Gasteiger partial charge in [0.1, 0.15) is 18.0 Å². The molecule has 158 valence electrons. The zero-order chi connectivity index (χ0) is 21.4. The Balaban J connectivity index is 2.06. The van der Waals surface area contributed by atoms with Crippen LogP contribution in [0.3, 0.4) is 0 Å². The standard InChI is InChI=1S/C20H27N3O5S/c1-22(16-8-6-5-7-9-16)13-12-21-20(24)15-23(29(4,25)26)18-14-17(27-2)10-11-19(18)28-3/h5-11,14H,12-13,15H2,1-4H3,(H,21,24). The number of hydrogen-bond acceptors (Lipinski definition) is 6. The molecule has 2 rings (SSSR count). The second kappa shape index (κ2) is 10.0. The van der Waals surface area contributed by atoms with Crippen LogP contribution in [0.2, 0.25) is 0 Å². The van der Waals surface area contributed by atoms with Crippen molar-refractivity contribution in [3.8, 4) is 11.5 Å². The summed E-state index contributed by atoms with van der Waals surface area (Å²) in [4.78, 5) is 14.4. The average molecular weight is 422 g/mol. The molecule has 0 fully saturated rings. The number of nitrogens with one attached hydrogen (secondary N) is 1. The normalized spacial score (nSPS) is 10.9. The zero-order valence-corrected chi connectivity index (χ0v) is 17.9. The summed E-state index contributed by atoms with van der Waals surface area (Å²) in [6.07, 6.45) is 1.04. The molecule has 1 amide bonds. The Morgan fingerprint density at radius 3 is 2.34 bits per heavy atom. The van der Waals surface area contributed by atoms with Crippen LogP contribution in [0.5, 0.6) is 11.5 Å². The van der Waals surface area contributed by atoms with E-state index >= 15 is 0 Å². The van der Waals surface area contributed by atoms with E-state index < -0.39 is 15.9 Å². The Bertz CT molecular complexity index is 919. The number of amides is 1. The van der Waals surface area contributed by atoms with E-state index in [-0.39, 0.29) is 12.2 Å². The smallest absolute Gasteiger partial charge is 0.240 e. The van der Waals surface area contributed by atoms with E-state index in [2.05, 4.69) is 5.32 Å². The summed E-state index contributed by atoms with van der Waals surface area (Å²) in [7, 11) is 1.11. The van der Waals surface area contributed by atoms with Gasteiger partial charge < -0.3 is 19.7 Å². The molecule has 9 heteroatoms. The molecular formula is C20H27N3O5S. The van der Waals surface area contributed by atoms with E-state index in [4.69, 9.17) is 9.47 Å². The van der Waals surface area contributed by atoms with Crippen molar-refractivity contribution in [2.24, 2.45) is 0 Å². The number of rotatable bonds is 10. The van der Waals surface area contributed by atoms with Gasteiger partial charge in [-0.3, -0.25) is 9.10 Å². The predicted molar refractivity (Wildman–Crippen MR) is 114 cm³/mol. The lowest BCUT2D eigenvalue weighted by Crippen LogP contribution is -2.42. The summed E-state index contributed by atoms with van der Waals surface area (Å²) in [5, 5.41) is 2.76. The van der Waals surface area contributed by atoms with Crippen molar-refractivity contribution in [1.82, 2.24) is 5.32 Å². The van der Waals surface area contributed by atoms with Crippen molar-refractivity contribution in [3.63, 3.8) is 0 Å². The Morgan fingerprint density at radius 1 is 1.07 bits per heavy atom. The van der Waals surface area contributed by atoms with Crippen LogP contribution in [0, 0.1) is 0 Å². The molecule has 0 unspecified atom stereocenters. The van der Waals surface area contributed by atoms with Crippen molar-refractivity contribution in [3.05, 3.63) is 48.5 Å². The molecular weight excluding hydrogens is 394 g/mol. The van der Waals surface area contributed by atoms with E-state index in [0.717, 1.165) is 16.2 Å². The Morgan fingerprint density at radius 2 is 1.76 bits per heavy atom. The maximum absolute atomic E-state index is 12.4. The summed E-state index contributed by atoms with van der Waals surface area (Å²) in [6.45, 7) is 0.589. The minimum Gasteiger partial charge on any atom is -0.497 e. The molecule has 0 radical (unpaired) electrons. The van der Waals surface area contributed by atoms with Crippen LogP contribution in [0.4, 0.5) is 11.4 Å². The van der Waals surface area contributed by atoms with Gasteiger partial charge in [0.25, 0.3) is 0 Å². The Hall–Kier alpha value is -2.94. The number of ether oxygens (including phenoxy) is 2. The van der Waals surface area contributed by atoms with Gasteiger partial charge in [0.05, 0.1) is 26.2 Å². The van der Waals surface area contributed by atoms with Crippen LogP contribution in [-0.2, 0) is 14.8 Å². The van der Waals surface area contributed by atoms with Crippen LogP contribution in [0.15, 0.2) is 48.5 Å². The SMILES string of the molecule is COc1ccc(OC)c(N(CC(=O)NCCN(C)c2ccccc2)S(C)(=O)=O)c1. The number of hydrogen-bond donors (Lipinski definition) is 1. The molecule has 0 aliphatic rings. The highest BCUT2D eigenvalue weighted by Crippen LogP contribution is 2.33. The third-order valence-corrected chi connectivity index (χ3v) is 5.44. The Labute approximate surface area is 172 Å². The Kier molecular flexibility index (Phi) is 7.72. The molecule has 0 saturated carbocycles. The fourth-order valence-corrected chi connectivity index (χ4v) is 3.59. The number of carbonyl (C=O) groups is 1. The molecule has 1 N–H and O–H groups in total. The van der Waals surface area contributed by atoms with Crippen molar-refractivity contribution >= 4 is 27.3 Å². The maximum atomic E-state index is 12.4. The molecule has 2 aromatic rings. The first-order chi connectivity index (χ1) is 13.8. The number of sulfonamides is 1. The minimum absolute atomic E-state index is 0.242. The second-order valence-corrected chi connectivity index (χ2v) is 8.32. The number of nitrogens with zero attached hydrogens (tertiary/aromatic N) is 2. The van der Waals surface area contributed by atoms with Crippen LogP contribution in [0.25, 0.3) is 0 Å². The van der Waals surface area contributed by atoms with Gasteiger partial charge in [0.2, 0.25) is 15.9 Å². The summed E-state index contributed by atoms with van der Waals surface area (Å²) < 4.78 is 36.1. The van der Waals surface area contributed by atoms with E-state index in [1.165, 1.54) is 20.3 Å². The van der Waals surface area contributed by atoms with Crippen LogP contribution in [0.1, 0.15) is 0 Å². The van der Waals surface area contributed by atoms with Gasteiger partial charge in [-0.25, -0.2) is 8.42 Å². The van der Waals surface area contributed by atoms with Crippen molar-refractivity contribution in [2.45, 2.75) is 0 Å². The lowest BCUT2D eigenvalue weighted by molar-refractivity contribution is -0.119. The van der Waals surface area contributed by atoms with Gasteiger partial charge in [-0.2, -0.15) is 0 Å². The largest absolute Gasteiger partial charge is 0.497 e. The van der Waals surface area contributed by atoms with Gasteiger partial charge >= 0.3 is 0 Å². The highest BCUT2D eigenvalue weighted by Gasteiger charge is 2.24. The lowest BCUT2D eigenvalue weighted by Gasteiger charge is -2.24. The first-order valence-electron chi connectivity index (χ1n) is 8.99. The van der Waals surface area contributed by atoms with Crippen LogP contribution in [-0.4, -0.2) is 61.5 Å². The van der Waals surface area contributed by atoms with Crippen LogP contribution < -0.4 is 24.0 Å². The highest BCUT2D eigenvalue weighted by atomic mass is 32.2. The van der Waals surface area contributed by atoms with Gasteiger partial charge in [0.15, 0.2) is 0 Å². The fraction of sp³-hybridized carbons (Fsp3) is 0.350. The molecule has 8 nitrogen and oxygen atoms in total. The van der Waals surface area contributed by atoms with Crippen molar-refractivity contribution in [2.75, 3.05) is 56.4 Å². The number of anilines is 2. The van der Waals surface area contributed by atoms with Gasteiger partial charge in [0, 0.05) is 31.9 Å². The van der Waals surface area contributed by atoms with E-state index in [9.17, 15) is 13.2 Å². The summed E-state index contributed by atoms with van der Waals surface area (Å²) in [6, 6.07) is 14.5. The van der Waals surface area contributed by atoms with Crippen molar-refractivity contribution in [1.29, 1.82) is 0 Å². The molecule has 0 heterocycles. The number of methoxy groups -OCH3 is 2. The third-order valence-electron chi connectivity index (χ3n) is 4.31. The second-order valence-electron chi connectivity index (χ2n) is 6.41. The minimum atomic E-state index is -3.73. The quantitative estimate of drug-likeness (QED) is 0.629. The van der Waals surface area contributed by atoms with Crippen molar-refractivity contribution < 1.29 is 22.7 Å². The number of benzene rings is 2. The molecule has 0 atom stereocenters. The summed E-state index contributed by atoms with van der Waals surface area (Å²) in [5.74, 6) is 0.369. The molecule has 0 bridgehead atoms. The third kappa shape index (κ3) is 6.28. The number of para-hydroxylation sites is 1. The number of likely N-dealkylation sites (N-methyl/N-ethyl adjacent to an activating group) is 1. The van der Waals surface area contributed by atoms with E-state index in [0.29, 0.717) is 24.6 Å². The van der Waals surface area contributed by atoms with Crippen LogP contribution >= 0.6 is 0 Å². The monoisotopic (exact) mass is 421 g/mol. The lowest BCUT2D eigenvalue weighted by atomic mass is 10.2. The molecule has 0 aliphatic carbocycles. The summed E-state index contributed by atoms with van der Waals surface area (Å²) >= 11 is 0. The van der Waals surface area contributed by atoms with Gasteiger partial charge in [-0.05, 0) is 24.3 Å². The van der Waals surface area contributed by atoms with Gasteiger partial charge in [-0.15, -0.1) is 0 Å². The van der Waals surface area contributed by atoms with E-state index in [1.807, 2.05) is 42.3 Å². The zero-order valence-electron chi connectivity index (χ0n) is 17.1. The molecule has 0 spiro atoms. The average Bonchev–Trinajstić information content (AvgIpc) is 2.71. The molecule has 0 aliphatic heterocycles. The van der Waals surface area contributed by atoms with Gasteiger partial charge in [-0.1, -0.05) is 18.2 Å². The fourth-order valence-electron chi connectivity index (χ4n) is 2.73. The predicted octanol–water partition coefficient (Wildman–Crippen LogP) is 1.72. The molecule has 0 saturated heterocycles. The molecule has 0 aromatic heterocycles. The molecule has 29 heavy (non-hydrogen) atoms. The first kappa shape index (κ1) is 22.4. The maximum Gasteiger partial charge on any atom is 0.240 e. The summed E-state index contributed by atoms with van der Waals surface area (Å²) in [5.41, 5.74) is 1.27. The topological polar surface area (TPSA) is 88.2 Å². The molecule has 2 aromatic carbocycles. The van der Waals surface area contributed by atoms with E-state index in [1.54, 1.807) is 12.1 Å².